The Hall–Kier alpha value is -2.26. The summed E-state index contributed by atoms with van der Waals surface area (Å²) < 4.78 is 5.07. The van der Waals surface area contributed by atoms with E-state index in [1.54, 1.807) is 23.3 Å². The van der Waals surface area contributed by atoms with Crippen LogP contribution in [0.5, 0.6) is 0 Å². The van der Waals surface area contributed by atoms with Gasteiger partial charge in [-0.05, 0) is 31.2 Å². The van der Waals surface area contributed by atoms with Crippen LogP contribution in [0.4, 0.5) is 5.13 Å². The lowest BCUT2D eigenvalue weighted by Crippen LogP contribution is -2.43. The topological polar surface area (TPSA) is 88.6 Å². The second kappa shape index (κ2) is 9.09. The van der Waals surface area contributed by atoms with Crippen LogP contribution in [-0.4, -0.2) is 47.4 Å². The Bertz CT molecular complexity index is 803. The Morgan fingerprint density at radius 3 is 2.96 bits per heavy atom. The second-order valence-electron chi connectivity index (χ2n) is 6.18. The van der Waals surface area contributed by atoms with Gasteiger partial charge in [0, 0.05) is 18.5 Å². The highest BCUT2D eigenvalue weighted by molar-refractivity contribution is 7.14. The largest absolute Gasteiger partial charge is 0.466 e. The van der Waals surface area contributed by atoms with Crippen molar-refractivity contribution in [1.82, 2.24) is 9.88 Å². The number of anilines is 1. The van der Waals surface area contributed by atoms with E-state index >= 15 is 0 Å². The molecular weight excluding hydrogens is 386 g/mol. The Kier molecular flexibility index (Phi) is 6.57. The summed E-state index contributed by atoms with van der Waals surface area (Å²) in [5, 5.41) is 6.83. The number of aromatic nitrogens is 1. The standard InChI is InChI=1S/C18H21N3O4S2/c1-2-25-17(24)12-5-3-7-21(10-12)15(22)9-13-11-27-18(19-13)20-16(23)14-6-4-8-26-14/h4,6,8,11-12H,2-3,5,7,9-10H2,1H3,(H,19,20,23). The molecule has 1 saturated heterocycles. The first-order valence-corrected chi connectivity index (χ1v) is 10.6. The third kappa shape index (κ3) is 5.14. The molecule has 0 spiro atoms. The van der Waals surface area contributed by atoms with Crippen LogP contribution in [0.25, 0.3) is 0 Å². The number of carbonyl (C=O) groups is 3. The quantitative estimate of drug-likeness (QED) is 0.744. The molecule has 2 amide bonds. The van der Waals surface area contributed by atoms with Gasteiger partial charge in [-0.15, -0.1) is 22.7 Å². The van der Waals surface area contributed by atoms with Crippen molar-refractivity contribution in [2.75, 3.05) is 25.0 Å². The van der Waals surface area contributed by atoms with Gasteiger partial charge < -0.3 is 9.64 Å². The lowest BCUT2D eigenvalue weighted by atomic mass is 9.98. The van der Waals surface area contributed by atoms with E-state index in [9.17, 15) is 14.4 Å². The molecule has 1 N–H and O–H groups in total. The van der Waals surface area contributed by atoms with Gasteiger partial charge in [-0.25, -0.2) is 4.98 Å². The molecule has 0 bridgehead atoms. The molecule has 1 fully saturated rings. The Morgan fingerprint density at radius 2 is 2.22 bits per heavy atom. The number of hydrogen-bond donors (Lipinski definition) is 1. The summed E-state index contributed by atoms with van der Waals surface area (Å²) in [5.74, 6) is -0.753. The molecule has 1 atom stereocenters. The van der Waals surface area contributed by atoms with Gasteiger partial charge in [0.05, 0.1) is 29.5 Å². The van der Waals surface area contributed by atoms with Crippen molar-refractivity contribution in [2.24, 2.45) is 5.92 Å². The number of nitrogens with zero attached hydrogens (tertiary/aromatic N) is 2. The summed E-state index contributed by atoms with van der Waals surface area (Å²) in [6.07, 6.45) is 1.69. The van der Waals surface area contributed by atoms with Crippen molar-refractivity contribution in [2.45, 2.75) is 26.2 Å². The maximum atomic E-state index is 12.6. The molecule has 2 aromatic rings. The number of likely N-dealkylation sites (tertiary alicyclic amines) is 1. The first kappa shape index (κ1) is 19.5. The molecule has 7 nitrogen and oxygen atoms in total. The predicted molar refractivity (Wildman–Crippen MR) is 104 cm³/mol. The Balaban J connectivity index is 1.54. The minimum Gasteiger partial charge on any atom is -0.466 e. The van der Waals surface area contributed by atoms with Crippen LogP contribution in [0, 0.1) is 5.92 Å². The summed E-state index contributed by atoms with van der Waals surface area (Å²) in [7, 11) is 0. The third-order valence-corrected chi connectivity index (χ3v) is 5.92. The fraction of sp³-hybridized carbons (Fsp3) is 0.444. The summed E-state index contributed by atoms with van der Waals surface area (Å²) >= 11 is 2.65. The van der Waals surface area contributed by atoms with E-state index in [0.29, 0.717) is 35.4 Å². The Morgan fingerprint density at radius 1 is 1.37 bits per heavy atom. The van der Waals surface area contributed by atoms with Gasteiger partial charge in [-0.1, -0.05) is 6.07 Å². The van der Waals surface area contributed by atoms with Crippen LogP contribution in [0.1, 0.15) is 35.1 Å². The zero-order chi connectivity index (χ0) is 19.2. The number of thiazole rings is 1. The highest BCUT2D eigenvalue weighted by Crippen LogP contribution is 2.21. The van der Waals surface area contributed by atoms with E-state index < -0.39 is 0 Å². The van der Waals surface area contributed by atoms with Gasteiger partial charge in [-0.3, -0.25) is 19.7 Å². The fourth-order valence-corrected chi connectivity index (χ4v) is 4.26. The van der Waals surface area contributed by atoms with Crippen LogP contribution >= 0.6 is 22.7 Å². The summed E-state index contributed by atoms with van der Waals surface area (Å²) in [4.78, 5) is 43.2. The number of amides is 2. The molecule has 0 aromatic carbocycles. The number of nitrogens with one attached hydrogen (secondary N) is 1. The van der Waals surface area contributed by atoms with Gasteiger partial charge >= 0.3 is 5.97 Å². The molecular formula is C18H21N3O4S2. The molecule has 0 radical (unpaired) electrons. The lowest BCUT2D eigenvalue weighted by Gasteiger charge is -2.31. The normalized spacial score (nSPS) is 16.8. The highest BCUT2D eigenvalue weighted by atomic mass is 32.1. The second-order valence-corrected chi connectivity index (χ2v) is 7.99. The predicted octanol–water partition coefficient (Wildman–Crippen LogP) is 2.80. The van der Waals surface area contributed by atoms with Crippen LogP contribution in [0.15, 0.2) is 22.9 Å². The first-order chi connectivity index (χ1) is 13.1. The molecule has 0 aliphatic carbocycles. The Labute approximate surface area is 165 Å². The number of rotatable bonds is 6. The number of ether oxygens (including phenoxy) is 1. The molecule has 3 heterocycles. The van der Waals surface area contributed by atoms with Crippen molar-refractivity contribution in [1.29, 1.82) is 0 Å². The van der Waals surface area contributed by atoms with E-state index in [1.165, 1.54) is 22.7 Å². The monoisotopic (exact) mass is 407 g/mol. The van der Waals surface area contributed by atoms with Gasteiger partial charge in [0.15, 0.2) is 5.13 Å². The van der Waals surface area contributed by atoms with E-state index in [1.807, 2.05) is 11.4 Å². The molecule has 2 aromatic heterocycles. The van der Waals surface area contributed by atoms with Crippen molar-refractivity contribution in [3.63, 3.8) is 0 Å². The SMILES string of the molecule is CCOC(=O)C1CCCN(C(=O)Cc2csc(NC(=O)c3cccs3)n2)C1. The number of esters is 1. The van der Waals surface area contributed by atoms with Crippen molar-refractivity contribution in [3.05, 3.63) is 33.5 Å². The molecule has 0 saturated carbocycles. The summed E-state index contributed by atoms with van der Waals surface area (Å²) in [6.45, 7) is 3.16. The van der Waals surface area contributed by atoms with Crippen molar-refractivity contribution < 1.29 is 19.1 Å². The molecule has 27 heavy (non-hydrogen) atoms. The zero-order valence-electron chi connectivity index (χ0n) is 15.0. The van der Waals surface area contributed by atoms with E-state index in [4.69, 9.17) is 4.74 Å². The third-order valence-electron chi connectivity index (χ3n) is 4.24. The van der Waals surface area contributed by atoms with Gasteiger partial charge in [0.2, 0.25) is 5.91 Å². The lowest BCUT2D eigenvalue weighted by molar-refractivity contribution is -0.151. The molecule has 1 aliphatic rings. The number of hydrogen-bond acceptors (Lipinski definition) is 7. The zero-order valence-corrected chi connectivity index (χ0v) is 16.6. The molecule has 1 aliphatic heterocycles. The summed E-state index contributed by atoms with van der Waals surface area (Å²) in [5.41, 5.74) is 0.615. The minimum atomic E-state index is -0.251. The average Bonchev–Trinajstić information content (AvgIpc) is 3.34. The highest BCUT2D eigenvalue weighted by Gasteiger charge is 2.29. The molecule has 3 rings (SSSR count). The number of thiophene rings is 1. The van der Waals surface area contributed by atoms with Gasteiger partial charge in [0.25, 0.3) is 5.91 Å². The fourth-order valence-electron chi connectivity index (χ4n) is 2.93. The average molecular weight is 408 g/mol. The summed E-state index contributed by atoms with van der Waals surface area (Å²) in [6, 6.07) is 3.56. The van der Waals surface area contributed by atoms with Crippen LogP contribution < -0.4 is 5.32 Å². The van der Waals surface area contributed by atoms with Crippen LogP contribution in [-0.2, 0) is 20.7 Å². The van der Waals surface area contributed by atoms with Crippen molar-refractivity contribution >= 4 is 45.6 Å². The van der Waals surface area contributed by atoms with E-state index in [2.05, 4.69) is 10.3 Å². The van der Waals surface area contributed by atoms with Crippen LogP contribution in [0.2, 0.25) is 0 Å². The number of carbonyl (C=O) groups excluding carboxylic acids is 3. The van der Waals surface area contributed by atoms with Crippen LogP contribution in [0.3, 0.4) is 0 Å². The number of piperidine rings is 1. The first-order valence-electron chi connectivity index (χ1n) is 8.80. The van der Waals surface area contributed by atoms with E-state index in [0.717, 1.165) is 12.8 Å². The molecule has 144 valence electrons. The van der Waals surface area contributed by atoms with E-state index in [-0.39, 0.29) is 30.1 Å². The minimum absolute atomic E-state index is 0.0644. The van der Waals surface area contributed by atoms with Gasteiger partial charge in [0.1, 0.15) is 0 Å². The van der Waals surface area contributed by atoms with Gasteiger partial charge in [-0.2, -0.15) is 0 Å². The van der Waals surface area contributed by atoms with Crippen molar-refractivity contribution in [3.8, 4) is 0 Å². The smallest absolute Gasteiger partial charge is 0.310 e. The maximum absolute atomic E-state index is 12.6. The molecule has 9 heteroatoms. The maximum Gasteiger partial charge on any atom is 0.310 e. The molecule has 1 unspecified atom stereocenters.